The van der Waals surface area contributed by atoms with Crippen molar-refractivity contribution in [2.75, 3.05) is 5.75 Å². The highest BCUT2D eigenvalue weighted by Gasteiger charge is 2.38. The molecule has 0 amide bonds. The lowest BCUT2D eigenvalue weighted by molar-refractivity contribution is -0.106. The molecule has 1 unspecified atom stereocenters. The Kier molecular flexibility index (Phi) is 8.40. The first-order chi connectivity index (χ1) is 17.1. The average Bonchev–Trinajstić information content (AvgIpc) is 3.19. The highest BCUT2D eigenvalue weighted by molar-refractivity contribution is 7.89. The van der Waals surface area contributed by atoms with Gasteiger partial charge in [-0.05, 0) is 56.0 Å². The maximum Gasteiger partial charge on any atom is 0.404 e. The van der Waals surface area contributed by atoms with E-state index in [2.05, 4.69) is 9.82 Å². The minimum absolute atomic E-state index is 0.0801. The van der Waals surface area contributed by atoms with E-state index in [4.69, 9.17) is 4.74 Å². The summed E-state index contributed by atoms with van der Waals surface area (Å²) in [5.41, 5.74) is 1.17. The van der Waals surface area contributed by atoms with Gasteiger partial charge in [0.05, 0.1) is 17.3 Å². The van der Waals surface area contributed by atoms with Gasteiger partial charge in [-0.2, -0.15) is 18.3 Å². The summed E-state index contributed by atoms with van der Waals surface area (Å²) < 4.78 is 72.0. The molecule has 0 fully saturated rings. The van der Waals surface area contributed by atoms with E-state index >= 15 is 0 Å². The molecule has 0 saturated carbocycles. The predicted molar refractivity (Wildman–Crippen MR) is 136 cm³/mol. The zero-order valence-electron chi connectivity index (χ0n) is 21.4. The SMILES string of the molecule is CCn1nc(-c2cccc(C(C)(C)NS(=O)(=O)CC(F)(F)F)c2)cc1Oc1ccc(C(O)C(C)C)cc1. The fraction of sp³-hybridized carbons (Fsp3) is 0.423. The molecule has 0 spiro atoms. The van der Waals surface area contributed by atoms with Crippen molar-refractivity contribution in [2.45, 2.75) is 59.0 Å². The number of ether oxygens (including phenoxy) is 1. The molecule has 3 aromatic rings. The Balaban J connectivity index is 1.85. The molecule has 2 N–H and O–H groups in total. The van der Waals surface area contributed by atoms with Crippen LogP contribution in [-0.2, 0) is 22.1 Å². The first-order valence-corrected chi connectivity index (χ1v) is 13.5. The molecule has 0 aliphatic carbocycles. The number of nitrogens with one attached hydrogen (secondary N) is 1. The Hall–Kier alpha value is -2.89. The van der Waals surface area contributed by atoms with Crippen LogP contribution in [0.4, 0.5) is 13.2 Å². The van der Waals surface area contributed by atoms with Gasteiger partial charge in [-0.1, -0.05) is 44.2 Å². The Labute approximate surface area is 215 Å². The van der Waals surface area contributed by atoms with Crippen LogP contribution in [0.25, 0.3) is 11.3 Å². The van der Waals surface area contributed by atoms with Crippen molar-refractivity contribution in [1.29, 1.82) is 0 Å². The second kappa shape index (κ2) is 10.8. The van der Waals surface area contributed by atoms with Gasteiger partial charge < -0.3 is 9.84 Å². The van der Waals surface area contributed by atoms with Gasteiger partial charge >= 0.3 is 6.18 Å². The van der Waals surface area contributed by atoms with Crippen molar-refractivity contribution < 1.29 is 31.4 Å². The molecule has 0 aliphatic heterocycles. The molecule has 2 aromatic carbocycles. The monoisotopic (exact) mass is 539 g/mol. The number of aryl methyl sites for hydroxylation is 1. The quantitative estimate of drug-likeness (QED) is 0.341. The van der Waals surface area contributed by atoms with Gasteiger partial charge in [-0.25, -0.2) is 17.8 Å². The molecule has 3 rings (SSSR count). The number of aliphatic hydroxyl groups excluding tert-OH is 1. The van der Waals surface area contributed by atoms with Crippen LogP contribution < -0.4 is 9.46 Å². The number of hydrogen-bond donors (Lipinski definition) is 2. The first kappa shape index (κ1) is 28.7. The van der Waals surface area contributed by atoms with Crippen LogP contribution in [-0.4, -0.2) is 35.2 Å². The number of sulfonamides is 1. The fourth-order valence-corrected chi connectivity index (χ4v) is 5.25. The molecule has 0 aliphatic rings. The maximum atomic E-state index is 12.7. The molecule has 202 valence electrons. The first-order valence-electron chi connectivity index (χ1n) is 11.8. The minimum atomic E-state index is -4.85. The molecule has 0 radical (unpaired) electrons. The number of hydrogen-bond acceptors (Lipinski definition) is 5. The molecule has 7 nitrogen and oxygen atoms in total. The van der Waals surface area contributed by atoms with Gasteiger partial charge in [-0.15, -0.1) is 0 Å². The molecular formula is C26H32F3N3O4S. The summed E-state index contributed by atoms with van der Waals surface area (Å²) in [5, 5.41) is 14.8. The second-order valence-electron chi connectivity index (χ2n) is 9.73. The number of nitrogens with zero attached hydrogens (tertiary/aromatic N) is 2. The van der Waals surface area contributed by atoms with E-state index in [9.17, 15) is 26.7 Å². The molecule has 1 heterocycles. The van der Waals surface area contributed by atoms with E-state index in [1.54, 1.807) is 59.3 Å². The zero-order valence-corrected chi connectivity index (χ0v) is 22.2. The predicted octanol–water partition coefficient (Wildman–Crippen LogP) is 5.77. The van der Waals surface area contributed by atoms with E-state index in [1.165, 1.54) is 13.8 Å². The molecule has 1 atom stereocenters. The third-order valence-electron chi connectivity index (χ3n) is 5.76. The van der Waals surface area contributed by atoms with Crippen molar-refractivity contribution in [3.8, 4) is 22.9 Å². The van der Waals surface area contributed by atoms with Gasteiger partial charge in [-0.3, -0.25) is 0 Å². The van der Waals surface area contributed by atoms with Crippen LogP contribution >= 0.6 is 0 Å². The Morgan fingerprint density at radius 3 is 2.30 bits per heavy atom. The molecular weight excluding hydrogens is 507 g/mol. The van der Waals surface area contributed by atoms with Gasteiger partial charge in [0.2, 0.25) is 15.9 Å². The van der Waals surface area contributed by atoms with Crippen LogP contribution in [0, 0.1) is 5.92 Å². The smallest absolute Gasteiger partial charge is 0.404 e. The summed E-state index contributed by atoms with van der Waals surface area (Å²) in [5.74, 6) is -0.834. The van der Waals surface area contributed by atoms with Crippen molar-refractivity contribution in [1.82, 2.24) is 14.5 Å². The van der Waals surface area contributed by atoms with Crippen molar-refractivity contribution in [3.05, 3.63) is 65.7 Å². The summed E-state index contributed by atoms with van der Waals surface area (Å²) in [6, 6.07) is 15.7. The summed E-state index contributed by atoms with van der Waals surface area (Å²) in [4.78, 5) is 0. The maximum absolute atomic E-state index is 12.7. The van der Waals surface area contributed by atoms with Crippen LogP contribution in [0.3, 0.4) is 0 Å². The molecule has 37 heavy (non-hydrogen) atoms. The van der Waals surface area contributed by atoms with Crippen molar-refractivity contribution in [3.63, 3.8) is 0 Å². The van der Waals surface area contributed by atoms with Crippen LogP contribution in [0.1, 0.15) is 51.8 Å². The van der Waals surface area contributed by atoms with Crippen molar-refractivity contribution >= 4 is 10.0 Å². The normalized spacial score (nSPS) is 13.7. The Bertz CT molecular complexity index is 1320. The summed E-state index contributed by atoms with van der Waals surface area (Å²) in [6.07, 6.45) is -5.42. The highest BCUT2D eigenvalue weighted by Crippen LogP contribution is 2.32. The number of alkyl halides is 3. The minimum Gasteiger partial charge on any atom is -0.439 e. The molecule has 1 aromatic heterocycles. The number of aliphatic hydroxyl groups is 1. The standard InChI is InChI=1S/C26H32F3N3O4S/c1-6-32-23(36-21-12-10-18(11-13-21)24(33)17(2)3)15-22(30-32)19-8-7-9-20(14-19)25(4,5)31-37(34,35)16-26(27,28)29/h7-15,17,24,31,33H,6,16H2,1-5H3. The van der Waals surface area contributed by atoms with E-state index < -0.39 is 33.6 Å². The lowest BCUT2D eigenvalue weighted by atomic mass is 9.93. The lowest BCUT2D eigenvalue weighted by Gasteiger charge is -2.27. The van der Waals surface area contributed by atoms with E-state index in [-0.39, 0.29) is 5.92 Å². The Morgan fingerprint density at radius 1 is 1.08 bits per heavy atom. The molecule has 0 bridgehead atoms. The van der Waals surface area contributed by atoms with Crippen molar-refractivity contribution in [2.24, 2.45) is 5.92 Å². The van der Waals surface area contributed by atoms with Crippen LogP contribution in [0.5, 0.6) is 11.6 Å². The second-order valence-corrected chi connectivity index (χ2v) is 11.4. The lowest BCUT2D eigenvalue weighted by Crippen LogP contribution is -2.44. The van der Waals surface area contributed by atoms with Gasteiger partial charge in [0, 0.05) is 18.2 Å². The number of rotatable bonds is 10. The fourth-order valence-electron chi connectivity index (χ4n) is 3.85. The largest absolute Gasteiger partial charge is 0.439 e. The van der Waals surface area contributed by atoms with E-state index in [0.717, 1.165) is 5.56 Å². The number of benzene rings is 2. The van der Waals surface area contributed by atoms with E-state index in [0.29, 0.717) is 35.0 Å². The van der Waals surface area contributed by atoms with Gasteiger partial charge in [0.15, 0.2) is 5.75 Å². The van der Waals surface area contributed by atoms with Gasteiger partial charge in [0.25, 0.3) is 0 Å². The van der Waals surface area contributed by atoms with E-state index in [1.807, 2.05) is 20.8 Å². The number of aromatic nitrogens is 2. The summed E-state index contributed by atoms with van der Waals surface area (Å²) >= 11 is 0. The third kappa shape index (κ3) is 7.56. The van der Waals surface area contributed by atoms with Crippen LogP contribution in [0.2, 0.25) is 0 Å². The summed E-state index contributed by atoms with van der Waals surface area (Å²) in [6.45, 7) is 9.29. The molecule has 11 heteroatoms. The Morgan fingerprint density at radius 2 is 1.73 bits per heavy atom. The topological polar surface area (TPSA) is 93.5 Å². The zero-order chi connectivity index (χ0) is 27.6. The van der Waals surface area contributed by atoms with Gasteiger partial charge in [0.1, 0.15) is 5.75 Å². The third-order valence-corrected chi connectivity index (χ3v) is 7.29. The number of halogens is 3. The average molecular weight is 540 g/mol. The highest BCUT2D eigenvalue weighted by atomic mass is 32.2. The van der Waals surface area contributed by atoms with Crippen LogP contribution in [0.15, 0.2) is 54.6 Å². The summed E-state index contributed by atoms with van der Waals surface area (Å²) in [7, 11) is -4.61. The molecule has 0 saturated heterocycles.